The van der Waals surface area contributed by atoms with Gasteiger partial charge in [0, 0.05) is 31.3 Å². The average molecular weight is 452 g/mol. The summed E-state index contributed by atoms with van der Waals surface area (Å²) in [5, 5.41) is 12.7. The number of carbonyl (C=O) groups is 1. The van der Waals surface area contributed by atoms with Gasteiger partial charge in [-0.15, -0.1) is 0 Å². The first-order chi connectivity index (χ1) is 15.5. The van der Waals surface area contributed by atoms with Gasteiger partial charge in [0.15, 0.2) is 0 Å². The fourth-order valence-corrected chi connectivity index (χ4v) is 5.18. The van der Waals surface area contributed by atoms with Crippen LogP contribution in [-0.2, 0) is 4.79 Å². The van der Waals surface area contributed by atoms with Crippen molar-refractivity contribution in [1.29, 1.82) is 5.26 Å². The van der Waals surface area contributed by atoms with Crippen LogP contribution in [0.3, 0.4) is 0 Å². The fourth-order valence-electron chi connectivity index (χ4n) is 4.96. The minimum atomic E-state index is 0.0393. The highest BCUT2D eigenvalue weighted by Gasteiger charge is 2.45. The van der Waals surface area contributed by atoms with Crippen molar-refractivity contribution in [3.8, 4) is 11.9 Å². The summed E-state index contributed by atoms with van der Waals surface area (Å²) >= 11 is 6.30. The summed E-state index contributed by atoms with van der Waals surface area (Å²) in [5.74, 6) is 2.12. The number of halogens is 1. The van der Waals surface area contributed by atoms with Crippen molar-refractivity contribution in [2.75, 3.05) is 5.32 Å². The molecule has 0 radical (unpaired) electrons. The molecule has 2 saturated heterocycles. The number of piperidine rings is 1. The average Bonchev–Trinajstić information content (AvgIpc) is 3.55. The lowest BCUT2D eigenvalue weighted by Gasteiger charge is -2.39. The van der Waals surface area contributed by atoms with Crippen molar-refractivity contribution in [2.45, 2.75) is 70.1 Å². The molecule has 1 aliphatic carbocycles. The lowest BCUT2D eigenvalue weighted by atomic mass is 9.98. The summed E-state index contributed by atoms with van der Waals surface area (Å²) in [7, 11) is 0. The Labute approximate surface area is 192 Å². The Hall–Kier alpha value is -2.85. The van der Waals surface area contributed by atoms with Crippen LogP contribution in [0.5, 0.6) is 5.88 Å². The number of rotatable bonds is 6. The Morgan fingerprint density at radius 2 is 2.00 bits per heavy atom. The van der Waals surface area contributed by atoms with E-state index in [4.69, 9.17) is 21.6 Å². The normalized spacial score (nSPS) is 24.2. The van der Waals surface area contributed by atoms with E-state index in [1.807, 2.05) is 6.92 Å². The molecular weight excluding hydrogens is 426 g/mol. The summed E-state index contributed by atoms with van der Waals surface area (Å²) in [6.45, 7) is 1.91. The van der Waals surface area contributed by atoms with Gasteiger partial charge in [0.2, 0.25) is 11.8 Å². The highest BCUT2D eigenvalue weighted by Crippen LogP contribution is 2.40. The molecule has 5 rings (SSSR count). The van der Waals surface area contributed by atoms with Crippen LogP contribution in [0.4, 0.5) is 11.5 Å². The van der Waals surface area contributed by atoms with Crippen molar-refractivity contribution in [1.82, 2.24) is 14.9 Å². The van der Waals surface area contributed by atoms with Crippen LogP contribution in [0.2, 0.25) is 5.02 Å². The molecule has 1 saturated carbocycles. The zero-order valence-electron chi connectivity index (χ0n) is 18.1. The molecular formula is C24H26ClN5O2. The molecule has 166 valence electrons. The Kier molecular flexibility index (Phi) is 5.64. The topological polar surface area (TPSA) is 91.1 Å². The van der Waals surface area contributed by atoms with Crippen LogP contribution >= 0.6 is 11.6 Å². The predicted molar refractivity (Wildman–Crippen MR) is 121 cm³/mol. The maximum atomic E-state index is 12.7. The van der Waals surface area contributed by atoms with Gasteiger partial charge in [-0.25, -0.2) is 9.97 Å². The first-order valence-electron chi connectivity index (χ1n) is 11.3. The smallest absolute Gasteiger partial charge is 0.223 e. The molecule has 1 amide bonds. The SMILES string of the molecule is Cc1c(Nc2ccc(C#N)cc2Cl)ncnc1OC1CC2CCC(C1)N2C(=O)CC1CC1. The number of aromatic nitrogens is 2. The van der Waals surface area contributed by atoms with Gasteiger partial charge in [-0.2, -0.15) is 5.26 Å². The third-order valence-corrected chi connectivity index (χ3v) is 7.12. The summed E-state index contributed by atoms with van der Waals surface area (Å²) in [6, 6.07) is 7.72. The molecule has 2 aliphatic heterocycles. The molecule has 2 bridgehead atoms. The molecule has 3 heterocycles. The fraction of sp³-hybridized carbons (Fsp3) is 0.500. The number of benzene rings is 1. The first kappa shape index (κ1) is 21.0. The van der Waals surface area contributed by atoms with Gasteiger partial charge in [0.05, 0.1) is 27.9 Å². The van der Waals surface area contributed by atoms with Gasteiger partial charge in [0.25, 0.3) is 0 Å². The molecule has 7 nitrogen and oxygen atoms in total. The van der Waals surface area contributed by atoms with Gasteiger partial charge in [0.1, 0.15) is 18.2 Å². The number of nitrogens with one attached hydrogen (secondary N) is 1. The van der Waals surface area contributed by atoms with E-state index in [0.717, 1.165) is 37.7 Å². The number of anilines is 2. The van der Waals surface area contributed by atoms with Crippen LogP contribution in [0.1, 0.15) is 56.1 Å². The molecule has 8 heteroatoms. The van der Waals surface area contributed by atoms with E-state index in [1.165, 1.54) is 19.2 Å². The first-order valence-corrected chi connectivity index (χ1v) is 11.7. The molecule has 2 unspecified atom stereocenters. The molecule has 2 aromatic rings. The van der Waals surface area contributed by atoms with Crippen LogP contribution < -0.4 is 10.1 Å². The van der Waals surface area contributed by atoms with Crippen molar-refractivity contribution in [3.63, 3.8) is 0 Å². The lowest BCUT2D eigenvalue weighted by molar-refractivity contribution is -0.137. The molecule has 32 heavy (non-hydrogen) atoms. The molecule has 1 aromatic heterocycles. The Morgan fingerprint density at radius 1 is 1.25 bits per heavy atom. The zero-order chi connectivity index (χ0) is 22.2. The van der Waals surface area contributed by atoms with Gasteiger partial charge in [-0.1, -0.05) is 11.6 Å². The van der Waals surface area contributed by atoms with Crippen LogP contribution in [-0.4, -0.2) is 39.0 Å². The minimum Gasteiger partial charge on any atom is -0.474 e. The number of nitrogens with zero attached hydrogens (tertiary/aromatic N) is 4. The standard InChI is InChI=1S/C24H26ClN5O2/c1-14-23(29-21-7-4-16(12-26)8-20(21)25)27-13-28-24(14)32-19-10-17-5-6-18(11-19)30(17)22(31)9-15-2-3-15/h4,7-8,13,15,17-19H,2-3,5-6,9-11H2,1H3,(H,27,28,29). The molecule has 3 fully saturated rings. The van der Waals surface area contributed by atoms with E-state index in [0.29, 0.717) is 39.8 Å². The minimum absolute atomic E-state index is 0.0393. The van der Waals surface area contributed by atoms with E-state index in [-0.39, 0.29) is 18.2 Å². The molecule has 1 N–H and O–H groups in total. The van der Waals surface area contributed by atoms with E-state index in [9.17, 15) is 4.79 Å². The van der Waals surface area contributed by atoms with E-state index in [1.54, 1.807) is 18.2 Å². The summed E-state index contributed by atoms with van der Waals surface area (Å²) in [4.78, 5) is 23.6. The maximum Gasteiger partial charge on any atom is 0.223 e. The number of carbonyl (C=O) groups excluding carboxylic acids is 1. The van der Waals surface area contributed by atoms with E-state index < -0.39 is 0 Å². The molecule has 1 aromatic carbocycles. The van der Waals surface area contributed by atoms with Crippen LogP contribution in [0, 0.1) is 24.2 Å². The van der Waals surface area contributed by atoms with Gasteiger partial charge >= 0.3 is 0 Å². The number of fused-ring (bicyclic) bond motifs is 2. The summed E-state index contributed by atoms with van der Waals surface area (Å²) < 4.78 is 6.33. The second-order valence-electron chi connectivity index (χ2n) is 9.13. The molecule has 2 atom stereocenters. The summed E-state index contributed by atoms with van der Waals surface area (Å²) in [5.41, 5.74) is 1.96. The number of nitriles is 1. The predicted octanol–water partition coefficient (Wildman–Crippen LogP) is 4.75. The van der Waals surface area contributed by atoms with Crippen molar-refractivity contribution in [2.24, 2.45) is 5.92 Å². The number of hydrogen-bond acceptors (Lipinski definition) is 6. The second kappa shape index (κ2) is 8.59. The van der Waals surface area contributed by atoms with Crippen molar-refractivity contribution < 1.29 is 9.53 Å². The zero-order valence-corrected chi connectivity index (χ0v) is 18.8. The van der Waals surface area contributed by atoms with Crippen LogP contribution in [0.25, 0.3) is 0 Å². The highest BCUT2D eigenvalue weighted by molar-refractivity contribution is 6.33. The summed E-state index contributed by atoms with van der Waals surface area (Å²) in [6.07, 6.45) is 8.47. The number of amides is 1. The number of hydrogen-bond donors (Lipinski definition) is 1. The lowest BCUT2D eigenvalue weighted by Crippen LogP contribution is -2.49. The van der Waals surface area contributed by atoms with Gasteiger partial charge < -0.3 is 15.0 Å². The highest BCUT2D eigenvalue weighted by atomic mass is 35.5. The van der Waals surface area contributed by atoms with Crippen LogP contribution in [0.15, 0.2) is 24.5 Å². The Balaban J connectivity index is 1.27. The largest absolute Gasteiger partial charge is 0.474 e. The van der Waals surface area contributed by atoms with Gasteiger partial charge in [-0.3, -0.25) is 4.79 Å². The van der Waals surface area contributed by atoms with Crippen molar-refractivity contribution >= 4 is 29.0 Å². The Morgan fingerprint density at radius 3 is 2.66 bits per heavy atom. The number of ether oxygens (including phenoxy) is 1. The quantitative estimate of drug-likeness (QED) is 0.681. The molecule has 0 spiro atoms. The van der Waals surface area contributed by atoms with Crippen molar-refractivity contribution in [3.05, 3.63) is 40.7 Å². The van der Waals surface area contributed by atoms with Gasteiger partial charge in [-0.05, 0) is 56.7 Å². The third-order valence-electron chi connectivity index (χ3n) is 6.81. The van der Waals surface area contributed by atoms with E-state index in [2.05, 4.69) is 26.3 Å². The van der Waals surface area contributed by atoms with E-state index >= 15 is 0 Å². The third kappa shape index (κ3) is 4.24. The Bertz CT molecular complexity index is 1070. The monoisotopic (exact) mass is 451 g/mol. The molecule has 3 aliphatic rings. The second-order valence-corrected chi connectivity index (χ2v) is 9.54. The maximum absolute atomic E-state index is 12.7.